The molecule has 176 valence electrons. The average Bonchev–Trinajstić information content (AvgIpc) is 2.86. The molecule has 1 N–H and O–H groups in total. The minimum Gasteiger partial charge on any atom is -0.351 e. The van der Waals surface area contributed by atoms with Crippen molar-refractivity contribution in [3.05, 3.63) is 101 Å². The standard InChI is InChI=1S/C28H30FN3O2/c1-20-14-16-21(17-15-20)19-32(28(34)25-13-7-8-18-30-25)26(23-11-5-6-12-24(23)29)27(33)31-22-9-3-2-4-10-22/h5-8,11-18,22,26H,2-4,9-10,19H2,1H3,(H,31,33). The van der Waals surface area contributed by atoms with Crippen molar-refractivity contribution in [3.63, 3.8) is 0 Å². The van der Waals surface area contributed by atoms with Crippen LogP contribution in [0.4, 0.5) is 4.39 Å². The Bertz CT molecular complexity index is 1110. The number of amides is 2. The van der Waals surface area contributed by atoms with Crippen LogP contribution in [0.15, 0.2) is 72.9 Å². The first-order valence-electron chi connectivity index (χ1n) is 11.9. The number of carbonyl (C=O) groups excluding carboxylic acids is 2. The van der Waals surface area contributed by atoms with Crippen LogP contribution >= 0.6 is 0 Å². The van der Waals surface area contributed by atoms with Gasteiger partial charge in [-0.15, -0.1) is 0 Å². The van der Waals surface area contributed by atoms with Gasteiger partial charge in [-0.1, -0.05) is 73.4 Å². The Kier molecular flexibility index (Phi) is 7.68. The molecule has 34 heavy (non-hydrogen) atoms. The smallest absolute Gasteiger partial charge is 0.273 e. The number of hydrogen-bond acceptors (Lipinski definition) is 3. The molecular weight excluding hydrogens is 429 g/mol. The number of pyridine rings is 1. The Morgan fingerprint density at radius 1 is 1.00 bits per heavy atom. The van der Waals surface area contributed by atoms with Gasteiger partial charge in [-0.2, -0.15) is 0 Å². The predicted molar refractivity (Wildman–Crippen MR) is 129 cm³/mol. The van der Waals surface area contributed by atoms with Crippen molar-refractivity contribution < 1.29 is 14.0 Å². The maximum Gasteiger partial charge on any atom is 0.273 e. The highest BCUT2D eigenvalue weighted by Crippen LogP contribution is 2.29. The zero-order valence-electron chi connectivity index (χ0n) is 19.4. The van der Waals surface area contributed by atoms with Crippen LogP contribution in [0.3, 0.4) is 0 Å². The van der Waals surface area contributed by atoms with Crippen LogP contribution < -0.4 is 5.32 Å². The fraction of sp³-hybridized carbons (Fsp3) is 0.321. The SMILES string of the molecule is Cc1ccc(CN(C(=O)c2ccccn2)C(C(=O)NC2CCCCC2)c2ccccc2F)cc1. The van der Waals surface area contributed by atoms with Gasteiger partial charge >= 0.3 is 0 Å². The van der Waals surface area contributed by atoms with Gasteiger partial charge in [0, 0.05) is 24.3 Å². The van der Waals surface area contributed by atoms with Crippen molar-refractivity contribution in [2.45, 2.75) is 57.7 Å². The molecular formula is C28H30FN3O2. The highest BCUT2D eigenvalue weighted by atomic mass is 19.1. The number of rotatable bonds is 7. The molecule has 1 aromatic heterocycles. The number of hydrogen-bond donors (Lipinski definition) is 1. The molecule has 0 bridgehead atoms. The van der Waals surface area contributed by atoms with Crippen LogP contribution in [0.5, 0.6) is 0 Å². The first kappa shape index (κ1) is 23.6. The Hall–Kier alpha value is -3.54. The lowest BCUT2D eigenvalue weighted by Crippen LogP contribution is -2.47. The summed E-state index contributed by atoms with van der Waals surface area (Å²) in [5.41, 5.74) is 2.32. The third-order valence-corrected chi connectivity index (χ3v) is 6.33. The van der Waals surface area contributed by atoms with Crippen LogP contribution in [0.1, 0.15) is 65.3 Å². The lowest BCUT2D eigenvalue weighted by molar-refractivity contribution is -0.127. The van der Waals surface area contributed by atoms with E-state index in [4.69, 9.17) is 0 Å². The molecule has 1 heterocycles. The normalized spacial score (nSPS) is 14.9. The molecule has 3 aromatic rings. The first-order chi connectivity index (χ1) is 16.5. The quantitative estimate of drug-likeness (QED) is 0.517. The molecule has 2 amide bonds. The van der Waals surface area contributed by atoms with E-state index in [2.05, 4.69) is 10.3 Å². The molecule has 1 aliphatic rings. The van der Waals surface area contributed by atoms with E-state index < -0.39 is 17.8 Å². The number of nitrogens with zero attached hydrogens (tertiary/aromatic N) is 2. The lowest BCUT2D eigenvalue weighted by atomic mass is 9.94. The first-order valence-corrected chi connectivity index (χ1v) is 11.9. The molecule has 0 saturated heterocycles. The average molecular weight is 460 g/mol. The molecule has 1 unspecified atom stereocenters. The monoisotopic (exact) mass is 459 g/mol. The summed E-state index contributed by atoms with van der Waals surface area (Å²) in [6.07, 6.45) is 6.58. The fourth-order valence-electron chi connectivity index (χ4n) is 4.48. The summed E-state index contributed by atoms with van der Waals surface area (Å²) in [7, 11) is 0. The topological polar surface area (TPSA) is 62.3 Å². The third-order valence-electron chi connectivity index (χ3n) is 6.33. The van der Waals surface area contributed by atoms with Gasteiger partial charge in [0.2, 0.25) is 5.91 Å². The van der Waals surface area contributed by atoms with E-state index in [0.29, 0.717) is 0 Å². The maximum atomic E-state index is 15.1. The Balaban J connectivity index is 1.75. The fourth-order valence-corrected chi connectivity index (χ4v) is 4.48. The predicted octanol–water partition coefficient (Wildman–Crippen LogP) is 5.36. The molecule has 1 aliphatic carbocycles. The summed E-state index contributed by atoms with van der Waals surface area (Å²) in [6, 6.07) is 17.9. The van der Waals surface area contributed by atoms with Crippen LogP contribution in [-0.2, 0) is 11.3 Å². The van der Waals surface area contributed by atoms with Gasteiger partial charge in [-0.3, -0.25) is 14.6 Å². The number of halogens is 1. The highest BCUT2D eigenvalue weighted by Gasteiger charge is 2.35. The van der Waals surface area contributed by atoms with Crippen molar-refractivity contribution in [3.8, 4) is 0 Å². The summed E-state index contributed by atoms with van der Waals surface area (Å²) in [5.74, 6) is -1.31. The van der Waals surface area contributed by atoms with Gasteiger partial charge in [0.15, 0.2) is 0 Å². The van der Waals surface area contributed by atoms with E-state index in [0.717, 1.165) is 43.2 Å². The second-order valence-electron chi connectivity index (χ2n) is 8.90. The van der Waals surface area contributed by atoms with Gasteiger partial charge in [0.05, 0.1) is 0 Å². The number of carbonyl (C=O) groups is 2. The van der Waals surface area contributed by atoms with Gasteiger partial charge in [-0.05, 0) is 43.5 Å². The summed E-state index contributed by atoms with van der Waals surface area (Å²) >= 11 is 0. The molecule has 6 heteroatoms. The van der Waals surface area contributed by atoms with Crippen molar-refractivity contribution in [1.82, 2.24) is 15.2 Å². The van der Waals surface area contributed by atoms with Crippen LogP contribution in [0.2, 0.25) is 0 Å². The molecule has 5 nitrogen and oxygen atoms in total. The van der Waals surface area contributed by atoms with E-state index in [-0.39, 0.29) is 29.8 Å². The van der Waals surface area contributed by atoms with Crippen LogP contribution in [0.25, 0.3) is 0 Å². The van der Waals surface area contributed by atoms with Crippen molar-refractivity contribution >= 4 is 11.8 Å². The number of nitrogens with one attached hydrogen (secondary N) is 1. The summed E-state index contributed by atoms with van der Waals surface area (Å²) < 4.78 is 15.1. The largest absolute Gasteiger partial charge is 0.351 e. The highest BCUT2D eigenvalue weighted by molar-refractivity contribution is 5.96. The second kappa shape index (κ2) is 11.1. The molecule has 0 spiro atoms. The van der Waals surface area contributed by atoms with Gasteiger partial charge in [0.25, 0.3) is 5.91 Å². The van der Waals surface area contributed by atoms with E-state index in [1.807, 2.05) is 31.2 Å². The Labute approximate surface area is 200 Å². The molecule has 0 radical (unpaired) electrons. The molecule has 1 atom stereocenters. The maximum absolute atomic E-state index is 15.1. The Morgan fingerprint density at radius 3 is 2.38 bits per heavy atom. The van der Waals surface area contributed by atoms with E-state index >= 15 is 4.39 Å². The van der Waals surface area contributed by atoms with Gasteiger partial charge in [0.1, 0.15) is 17.6 Å². The van der Waals surface area contributed by atoms with Crippen LogP contribution in [0, 0.1) is 12.7 Å². The number of benzene rings is 2. The summed E-state index contributed by atoms with van der Waals surface area (Å²) in [5, 5.41) is 3.11. The number of aryl methyl sites for hydroxylation is 1. The van der Waals surface area contributed by atoms with E-state index in [1.165, 1.54) is 17.2 Å². The summed E-state index contributed by atoms with van der Waals surface area (Å²) in [4.78, 5) is 33.0. The molecule has 1 fully saturated rings. The lowest BCUT2D eigenvalue weighted by Gasteiger charge is -2.33. The summed E-state index contributed by atoms with van der Waals surface area (Å²) in [6.45, 7) is 2.13. The van der Waals surface area contributed by atoms with Crippen molar-refractivity contribution in [2.24, 2.45) is 0 Å². The second-order valence-corrected chi connectivity index (χ2v) is 8.90. The molecule has 4 rings (SSSR count). The van der Waals surface area contributed by atoms with Crippen molar-refractivity contribution in [2.75, 3.05) is 0 Å². The number of aromatic nitrogens is 1. The zero-order valence-corrected chi connectivity index (χ0v) is 19.4. The third kappa shape index (κ3) is 5.68. The van der Waals surface area contributed by atoms with Gasteiger partial charge in [-0.25, -0.2) is 4.39 Å². The van der Waals surface area contributed by atoms with Gasteiger partial charge < -0.3 is 10.2 Å². The minimum atomic E-state index is -1.13. The van der Waals surface area contributed by atoms with Crippen LogP contribution in [-0.4, -0.2) is 27.7 Å². The minimum absolute atomic E-state index is 0.0294. The van der Waals surface area contributed by atoms with E-state index in [1.54, 1.807) is 36.4 Å². The van der Waals surface area contributed by atoms with E-state index in [9.17, 15) is 9.59 Å². The zero-order chi connectivity index (χ0) is 23.9. The van der Waals surface area contributed by atoms with Crippen molar-refractivity contribution in [1.29, 1.82) is 0 Å². The molecule has 2 aromatic carbocycles. The Morgan fingerprint density at radius 2 is 1.71 bits per heavy atom. The molecule has 0 aliphatic heterocycles. The molecule has 1 saturated carbocycles.